The SMILES string of the molecule is COc1ccc(C(=O)Nc2cnoc2)cc1C#CCN. The summed E-state index contributed by atoms with van der Waals surface area (Å²) in [5, 5.41) is 6.16. The molecule has 102 valence electrons. The lowest BCUT2D eigenvalue weighted by Gasteiger charge is -2.06. The molecule has 0 fully saturated rings. The molecular formula is C14H13N3O3. The van der Waals surface area contributed by atoms with Crippen LogP contribution < -0.4 is 15.8 Å². The number of aromatic nitrogens is 1. The summed E-state index contributed by atoms with van der Waals surface area (Å²) in [4.78, 5) is 12.0. The van der Waals surface area contributed by atoms with Crippen LogP contribution in [-0.2, 0) is 0 Å². The molecule has 0 aliphatic carbocycles. The van der Waals surface area contributed by atoms with Gasteiger partial charge in [0, 0.05) is 5.56 Å². The van der Waals surface area contributed by atoms with Gasteiger partial charge in [-0.15, -0.1) is 0 Å². The number of methoxy groups -OCH3 is 1. The van der Waals surface area contributed by atoms with Gasteiger partial charge in [0.2, 0.25) is 0 Å². The van der Waals surface area contributed by atoms with E-state index in [9.17, 15) is 4.79 Å². The van der Waals surface area contributed by atoms with Crippen LogP contribution in [0.3, 0.4) is 0 Å². The van der Waals surface area contributed by atoms with E-state index in [-0.39, 0.29) is 12.5 Å². The van der Waals surface area contributed by atoms with Crippen LogP contribution in [0.1, 0.15) is 15.9 Å². The lowest BCUT2D eigenvalue weighted by molar-refractivity contribution is 0.102. The number of ether oxygens (including phenoxy) is 1. The van der Waals surface area contributed by atoms with Crippen LogP contribution in [0.15, 0.2) is 35.2 Å². The van der Waals surface area contributed by atoms with Gasteiger partial charge in [0.15, 0.2) is 0 Å². The molecule has 20 heavy (non-hydrogen) atoms. The zero-order chi connectivity index (χ0) is 14.4. The number of hydrogen-bond donors (Lipinski definition) is 2. The van der Waals surface area contributed by atoms with Crippen LogP contribution in [0.25, 0.3) is 0 Å². The number of nitrogens with two attached hydrogens (primary N) is 1. The van der Waals surface area contributed by atoms with Crippen molar-refractivity contribution in [2.45, 2.75) is 0 Å². The topological polar surface area (TPSA) is 90.4 Å². The van der Waals surface area contributed by atoms with Gasteiger partial charge in [-0.1, -0.05) is 17.0 Å². The molecule has 0 aliphatic rings. The number of anilines is 1. The first-order valence-corrected chi connectivity index (χ1v) is 5.82. The molecule has 2 aromatic rings. The Bertz CT molecular complexity index is 654. The molecular weight excluding hydrogens is 258 g/mol. The number of benzene rings is 1. The van der Waals surface area contributed by atoms with E-state index in [0.29, 0.717) is 22.6 Å². The van der Waals surface area contributed by atoms with Gasteiger partial charge < -0.3 is 20.3 Å². The second-order valence-corrected chi connectivity index (χ2v) is 3.79. The highest BCUT2D eigenvalue weighted by Gasteiger charge is 2.10. The summed E-state index contributed by atoms with van der Waals surface area (Å²) in [7, 11) is 1.54. The normalized spacial score (nSPS) is 9.50. The van der Waals surface area contributed by atoms with E-state index in [1.807, 2.05) is 0 Å². The van der Waals surface area contributed by atoms with Crippen molar-refractivity contribution in [3.8, 4) is 17.6 Å². The third-order valence-electron chi connectivity index (χ3n) is 2.48. The van der Waals surface area contributed by atoms with E-state index in [1.54, 1.807) is 25.3 Å². The minimum atomic E-state index is -0.286. The molecule has 0 radical (unpaired) electrons. The van der Waals surface area contributed by atoms with Gasteiger partial charge in [0.25, 0.3) is 5.91 Å². The van der Waals surface area contributed by atoms with Crippen molar-refractivity contribution in [2.24, 2.45) is 5.73 Å². The average Bonchev–Trinajstić information content (AvgIpc) is 2.97. The Balaban J connectivity index is 2.26. The average molecular weight is 271 g/mol. The second kappa shape index (κ2) is 6.41. The van der Waals surface area contributed by atoms with Crippen molar-refractivity contribution in [1.82, 2.24) is 5.16 Å². The Morgan fingerprint density at radius 2 is 2.40 bits per heavy atom. The van der Waals surface area contributed by atoms with Crippen LogP contribution in [0.2, 0.25) is 0 Å². The highest BCUT2D eigenvalue weighted by atomic mass is 16.5. The molecule has 6 nitrogen and oxygen atoms in total. The molecule has 1 heterocycles. The van der Waals surface area contributed by atoms with Crippen LogP contribution in [0, 0.1) is 11.8 Å². The molecule has 0 saturated heterocycles. The standard InChI is InChI=1S/C14H13N3O3/c1-19-13-5-4-11(7-10(13)3-2-6-15)14(18)17-12-8-16-20-9-12/h4-5,7-9H,6,15H2,1H3,(H,17,18). The number of carbonyl (C=O) groups is 1. The largest absolute Gasteiger partial charge is 0.495 e. The molecule has 0 bridgehead atoms. The first kappa shape index (κ1) is 13.6. The molecule has 0 saturated carbocycles. The van der Waals surface area contributed by atoms with E-state index in [0.717, 1.165) is 0 Å². The summed E-state index contributed by atoms with van der Waals surface area (Å²) < 4.78 is 9.83. The van der Waals surface area contributed by atoms with E-state index >= 15 is 0 Å². The number of rotatable bonds is 3. The summed E-state index contributed by atoms with van der Waals surface area (Å²) in [6.07, 6.45) is 2.76. The predicted molar refractivity (Wildman–Crippen MR) is 73.4 cm³/mol. The molecule has 0 spiro atoms. The Hall–Kier alpha value is -2.78. The summed E-state index contributed by atoms with van der Waals surface area (Å²) in [6.45, 7) is 0.236. The third-order valence-corrected chi connectivity index (χ3v) is 2.48. The van der Waals surface area contributed by atoms with Crippen molar-refractivity contribution >= 4 is 11.6 Å². The van der Waals surface area contributed by atoms with Crippen LogP contribution in [-0.4, -0.2) is 24.7 Å². The zero-order valence-corrected chi connectivity index (χ0v) is 10.8. The fourth-order valence-corrected chi connectivity index (χ4v) is 1.56. The maximum absolute atomic E-state index is 12.0. The summed E-state index contributed by atoms with van der Waals surface area (Å²) in [5.41, 5.74) is 6.89. The summed E-state index contributed by atoms with van der Waals surface area (Å²) >= 11 is 0. The Morgan fingerprint density at radius 3 is 3.05 bits per heavy atom. The fraction of sp³-hybridized carbons (Fsp3) is 0.143. The maximum Gasteiger partial charge on any atom is 0.255 e. The second-order valence-electron chi connectivity index (χ2n) is 3.79. The number of hydrogen-bond acceptors (Lipinski definition) is 5. The quantitative estimate of drug-likeness (QED) is 0.820. The summed E-state index contributed by atoms with van der Waals surface area (Å²) in [6, 6.07) is 4.97. The number of nitrogens with zero attached hydrogens (tertiary/aromatic N) is 1. The highest BCUT2D eigenvalue weighted by molar-refractivity contribution is 6.04. The van der Waals surface area contributed by atoms with Crippen molar-refractivity contribution in [2.75, 3.05) is 19.0 Å². The molecule has 1 aromatic heterocycles. The zero-order valence-electron chi connectivity index (χ0n) is 10.8. The molecule has 3 N–H and O–H groups in total. The molecule has 0 aliphatic heterocycles. The smallest absolute Gasteiger partial charge is 0.255 e. The van der Waals surface area contributed by atoms with Gasteiger partial charge in [-0.05, 0) is 18.2 Å². The van der Waals surface area contributed by atoms with Crippen LogP contribution in [0.5, 0.6) is 5.75 Å². The molecule has 1 amide bonds. The molecule has 0 unspecified atom stereocenters. The van der Waals surface area contributed by atoms with Crippen LogP contribution in [0.4, 0.5) is 5.69 Å². The molecule has 1 aromatic carbocycles. The maximum atomic E-state index is 12.0. The first-order valence-electron chi connectivity index (χ1n) is 5.82. The fourth-order valence-electron chi connectivity index (χ4n) is 1.56. The van der Waals surface area contributed by atoms with Gasteiger partial charge >= 0.3 is 0 Å². The van der Waals surface area contributed by atoms with E-state index in [4.69, 9.17) is 10.5 Å². The predicted octanol–water partition coefficient (Wildman–Crippen LogP) is 1.25. The number of nitrogens with one attached hydrogen (secondary N) is 1. The number of carbonyl (C=O) groups excluding carboxylic acids is 1. The number of amides is 1. The van der Waals surface area contributed by atoms with Crippen molar-refractivity contribution in [3.05, 3.63) is 41.8 Å². The summed E-state index contributed by atoms with van der Waals surface area (Å²) in [5.74, 6) is 5.90. The van der Waals surface area contributed by atoms with E-state index in [1.165, 1.54) is 12.5 Å². The van der Waals surface area contributed by atoms with Crippen LogP contribution >= 0.6 is 0 Å². The Morgan fingerprint density at radius 1 is 1.55 bits per heavy atom. The van der Waals surface area contributed by atoms with Crippen molar-refractivity contribution in [3.63, 3.8) is 0 Å². The van der Waals surface area contributed by atoms with Gasteiger partial charge in [-0.2, -0.15) is 0 Å². The molecule has 6 heteroatoms. The van der Waals surface area contributed by atoms with Gasteiger partial charge in [-0.25, -0.2) is 0 Å². The minimum absolute atomic E-state index is 0.236. The first-order chi connectivity index (χ1) is 9.74. The minimum Gasteiger partial charge on any atom is -0.495 e. The molecule has 0 atom stereocenters. The van der Waals surface area contributed by atoms with E-state index < -0.39 is 0 Å². The molecule has 2 rings (SSSR count). The van der Waals surface area contributed by atoms with Gasteiger partial charge in [-0.3, -0.25) is 4.79 Å². The third kappa shape index (κ3) is 3.16. The van der Waals surface area contributed by atoms with Gasteiger partial charge in [0.05, 0.1) is 25.4 Å². The van der Waals surface area contributed by atoms with E-state index in [2.05, 4.69) is 26.8 Å². The Kier molecular flexibility index (Phi) is 4.37. The van der Waals surface area contributed by atoms with Gasteiger partial charge in [0.1, 0.15) is 17.7 Å². The monoisotopic (exact) mass is 271 g/mol. The Labute approximate surface area is 115 Å². The van der Waals surface area contributed by atoms with Crippen molar-refractivity contribution < 1.29 is 14.1 Å². The lowest BCUT2D eigenvalue weighted by atomic mass is 10.1. The highest BCUT2D eigenvalue weighted by Crippen LogP contribution is 2.19. The van der Waals surface area contributed by atoms with Crippen molar-refractivity contribution in [1.29, 1.82) is 0 Å². The lowest BCUT2D eigenvalue weighted by Crippen LogP contribution is -2.11.